The molecule has 7 nitrogen and oxygen atoms in total. The van der Waals surface area contributed by atoms with Crippen LogP contribution in [0.5, 0.6) is 5.75 Å². The largest absolute Gasteiger partial charge is 0.495 e. The minimum absolute atomic E-state index is 0.00777. The van der Waals surface area contributed by atoms with E-state index in [1.165, 1.54) is 18.7 Å². The molecule has 0 bridgehead atoms. The Hall–Kier alpha value is -3.00. The average Bonchev–Trinajstić information content (AvgIpc) is 3.03. The summed E-state index contributed by atoms with van der Waals surface area (Å²) in [5.41, 5.74) is 3.17. The lowest BCUT2D eigenvalue weighted by Crippen LogP contribution is -2.14. The van der Waals surface area contributed by atoms with Gasteiger partial charge in [-0.05, 0) is 41.3 Å². The standard InChI is InChI=1S/C21H25N3O4S/c1-21(2,3)14-7-6-13-10-18(23-16(13)11-14)20(25)22-15-8-9-19(28-4)17(12-15)24-29(5,26)27/h6-12,23-24H,1-5H3,(H,22,25). The highest BCUT2D eigenvalue weighted by atomic mass is 32.2. The minimum Gasteiger partial charge on any atom is -0.495 e. The third-order valence-corrected chi connectivity index (χ3v) is 5.08. The van der Waals surface area contributed by atoms with Gasteiger partial charge in [0.1, 0.15) is 11.4 Å². The third-order valence-electron chi connectivity index (χ3n) is 4.49. The van der Waals surface area contributed by atoms with Crippen LogP contribution in [0.3, 0.4) is 0 Å². The summed E-state index contributed by atoms with van der Waals surface area (Å²) in [6.45, 7) is 6.41. The number of methoxy groups -OCH3 is 1. The van der Waals surface area contributed by atoms with Gasteiger partial charge in [0.25, 0.3) is 5.91 Å². The van der Waals surface area contributed by atoms with Crippen LogP contribution in [0, 0.1) is 0 Å². The van der Waals surface area contributed by atoms with Gasteiger partial charge in [0.15, 0.2) is 0 Å². The quantitative estimate of drug-likeness (QED) is 0.584. The highest BCUT2D eigenvalue weighted by Crippen LogP contribution is 2.29. The first-order valence-electron chi connectivity index (χ1n) is 9.07. The van der Waals surface area contributed by atoms with E-state index in [4.69, 9.17) is 4.74 Å². The molecule has 1 amide bonds. The maximum atomic E-state index is 12.7. The summed E-state index contributed by atoms with van der Waals surface area (Å²) in [6.07, 6.45) is 1.05. The fourth-order valence-electron chi connectivity index (χ4n) is 2.98. The van der Waals surface area contributed by atoms with Gasteiger partial charge >= 0.3 is 0 Å². The number of hydrogen-bond donors (Lipinski definition) is 3. The zero-order valence-electron chi connectivity index (χ0n) is 17.1. The van der Waals surface area contributed by atoms with E-state index in [1.807, 2.05) is 12.1 Å². The van der Waals surface area contributed by atoms with E-state index in [2.05, 4.69) is 41.9 Å². The molecule has 8 heteroatoms. The van der Waals surface area contributed by atoms with Crippen molar-refractivity contribution in [2.45, 2.75) is 26.2 Å². The van der Waals surface area contributed by atoms with Gasteiger partial charge in [-0.25, -0.2) is 8.42 Å². The van der Waals surface area contributed by atoms with Gasteiger partial charge in [-0.3, -0.25) is 9.52 Å². The van der Waals surface area contributed by atoms with Crippen molar-refractivity contribution < 1.29 is 17.9 Å². The predicted octanol–water partition coefficient (Wildman–Crippen LogP) is 4.10. The molecule has 29 heavy (non-hydrogen) atoms. The summed E-state index contributed by atoms with van der Waals surface area (Å²) in [4.78, 5) is 15.9. The molecule has 0 aliphatic heterocycles. The Morgan fingerprint density at radius 3 is 2.41 bits per heavy atom. The Labute approximate surface area is 170 Å². The number of aromatic amines is 1. The summed E-state index contributed by atoms with van der Waals surface area (Å²) < 4.78 is 30.7. The second kappa shape index (κ2) is 7.44. The van der Waals surface area contributed by atoms with Crippen molar-refractivity contribution in [3.8, 4) is 5.75 Å². The number of benzene rings is 2. The third kappa shape index (κ3) is 4.89. The smallest absolute Gasteiger partial charge is 0.272 e. The maximum absolute atomic E-state index is 12.7. The van der Waals surface area contributed by atoms with Crippen LogP contribution in [0.1, 0.15) is 36.8 Å². The van der Waals surface area contributed by atoms with Crippen molar-refractivity contribution in [3.63, 3.8) is 0 Å². The fraction of sp³-hybridized carbons (Fsp3) is 0.286. The lowest BCUT2D eigenvalue weighted by atomic mass is 9.87. The number of nitrogens with one attached hydrogen (secondary N) is 3. The first-order chi connectivity index (χ1) is 13.5. The Morgan fingerprint density at radius 1 is 1.07 bits per heavy atom. The van der Waals surface area contributed by atoms with Crippen LogP contribution in [0.2, 0.25) is 0 Å². The monoisotopic (exact) mass is 415 g/mol. The van der Waals surface area contributed by atoms with Crippen LogP contribution >= 0.6 is 0 Å². The summed E-state index contributed by atoms with van der Waals surface area (Å²) in [5, 5.41) is 3.72. The van der Waals surface area contributed by atoms with Crippen LogP contribution < -0.4 is 14.8 Å². The molecule has 0 saturated carbocycles. The molecule has 0 saturated heterocycles. The van der Waals surface area contributed by atoms with Gasteiger partial charge in [0, 0.05) is 16.6 Å². The van der Waals surface area contributed by atoms with Crippen LogP contribution in [0.25, 0.3) is 10.9 Å². The van der Waals surface area contributed by atoms with E-state index in [-0.39, 0.29) is 17.0 Å². The molecular weight excluding hydrogens is 390 g/mol. The lowest BCUT2D eigenvalue weighted by molar-refractivity contribution is 0.102. The van der Waals surface area contributed by atoms with Crippen molar-refractivity contribution in [2.75, 3.05) is 23.4 Å². The van der Waals surface area contributed by atoms with Crippen LogP contribution in [-0.4, -0.2) is 32.7 Å². The summed E-state index contributed by atoms with van der Waals surface area (Å²) in [6, 6.07) is 12.6. The summed E-state index contributed by atoms with van der Waals surface area (Å²) >= 11 is 0. The Kier molecular flexibility index (Phi) is 5.32. The molecular formula is C21H25N3O4S. The molecule has 0 fully saturated rings. The van der Waals surface area contributed by atoms with Gasteiger partial charge in [0.2, 0.25) is 10.0 Å². The molecule has 0 spiro atoms. The Morgan fingerprint density at radius 2 is 1.79 bits per heavy atom. The molecule has 0 unspecified atom stereocenters. The Bertz CT molecular complexity index is 1170. The van der Waals surface area contributed by atoms with Crippen molar-refractivity contribution in [1.82, 2.24) is 4.98 Å². The van der Waals surface area contributed by atoms with Gasteiger partial charge < -0.3 is 15.0 Å². The van der Waals surface area contributed by atoms with E-state index in [9.17, 15) is 13.2 Å². The molecule has 3 aromatic rings. The van der Waals surface area contributed by atoms with E-state index in [0.717, 1.165) is 17.2 Å². The first kappa shape index (κ1) is 20.7. The topological polar surface area (TPSA) is 100 Å². The molecule has 3 N–H and O–H groups in total. The van der Waals surface area contributed by atoms with Gasteiger partial charge in [0.05, 0.1) is 19.1 Å². The van der Waals surface area contributed by atoms with Gasteiger partial charge in [-0.1, -0.05) is 32.9 Å². The number of rotatable bonds is 5. The number of carbonyl (C=O) groups is 1. The maximum Gasteiger partial charge on any atom is 0.272 e. The lowest BCUT2D eigenvalue weighted by Gasteiger charge is -2.18. The number of amides is 1. The Balaban J connectivity index is 1.87. The van der Waals surface area contributed by atoms with Crippen LogP contribution in [-0.2, 0) is 15.4 Å². The first-order valence-corrected chi connectivity index (χ1v) is 11.0. The van der Waals surface area contributed by atoms with Gasteiger partial charge in [-0.15, -0.1) is 0 Å². The van der Waals surface area contributed by atoms with Crippen molar-refractivity contribution >= 4 is 38.2 Å². The minimum atomic E-state index is -3.49. The molecule has 0 aliphatic carbocycles. The second-order valence-corrected chi connectivity index (χ2v) is 9.73. The fourth-order valence-corrected chi connectivity index (χ4v) is 3.54. The zero-order valence-corrected chi connectivity index (χ0v) is 17.9. The van der Waals surface area contributed by atoms with E-state index >= 15 is 0 Å². The number of H-pyrrole nitrogens is 1. The molecule has 1 heterocycles. The number of sulfonamides is 1. The van der Waals surface area contributed by atoms with Crippen molar-refractivity contribution in [1.29, 1.82) is 0 Å². The number of carbonyl (C=O) groups excluding carboxylic acids is 1. The SMILES string of the molecule is COc1ccc(NC(=O)c2cc3ccc(C(C)(C)C)cc3[nH]2)cc1NS(C)(=O)=O. The summed E-state index contributed by atoms with van der Waals surface area (Å²) in [5.74, 6) is 0.0303. The molecule has 0 aliphatic rings. The predicted molar refractivity (Wildman–Crippen MR) is 116 cm³/mol. The number of ether oxygens (including phenoxy) is 1. The number of fused-ring (bicyclic) bond motifs is 1. The van der Waals surface area contributed by atoms with Crippen molar-refractivity contribution in [2.24, 2.45) is 0 Å². The number of anilines is 2. The zero-order chi connectivity index (χ0) is 21.4. The molecule has 154 valence electrons. The van der Waals surface area contributed by atoms with Crippen LogP contribution in [0.15, 0.2) is 42.5 Å². The second-order valence-electron chi connectivity index (χ2n) is 7.98. The van der Waals surface area contributed by atoms with E-state index in [0.29, 0.717) is 17.1 Å². The molecule has 3 rings (SSSR count). The molecule has 0 radical (unpaired) electrons. The van der Waals surface area contributed by atoms with Crippen molar-refractivity contribution in [3.05, 3.63) is 53.7 Å². The molecule has 1 aromatic heterocycles. The van der Waals surface area contributed by atoms with Crippen LogP contribution in [0.4, 0.5) is 11.4 Å². The average molecular weight is 416 g/mol. The van der Waals surface area contributed by atoms with E-state index in [1.54, 1.807) is 18.2 Å². The van der Waals surface area contributed by atoms with E-state index < -0.39 is 10.0 Å². The normalized spacial score (nSPS) is 12.0. The summed E-state index contributed by atoms with van der Waals surface area (Å²) in [7, 11) is -2.05. The molecule has 0 atom stereocenters. The highest BCUT2D eigenvalue weighted by Gasteiger charge is 2.16. The number of aromatic nitrogens is 1. The van der Waals surface area contributed by atoms with Gasteiger partial charge in [-0.2, -0.15) is 0 Å². The highest BCUT2D eigenvalue weighted by molar-refractivity contribution is 7.92. The number of hydrogen-bond acceptors (Lipinski definition) is 4. The molecule has 2 aromatic carbocycles.